The topological polar surface area (TPSA) is 105 Å². The van der Waals surface area contributed by atoms with Gasteiger partial charge < -0.3 is 4.74 Å². The van der Waals surface area contributed by atoms with Crippen molar-refractivity contribution >= 4 is 11.9 Å². The number of nitro groups is 1. The molecule has 2 unspecified atom stereocenters. The first-order chi connectivity index (χ1) is 11.5. The summed E-state index contributed by atoms with van der Waals surface area (Å²) in [4.78, 5) is 43.1. The van der Waals surface area contributed by atoms with Crippen LogP contribution in [0.25, 0.3) is 0 Å². The zero-order valence-electron chi connectivity index (χ0n) is 13.3. The second-order valence-corrected chi connectivity index (χ2v) is 4.57. The summed E-state index contributed by atoms with van der Waals surface area (Å²) in [6, 6.07) is 8.67. The first kappa shape index (κ1) is 19.1. The van der Waals surface area contributed by atoms with Crippen LogP contribution >= 0.6 is 0 Å². The van der Waals surface area contributed by atoms with Crippen molar-refractivity contribution in [3.63, 3.8) is 0 Å². The molecule has 0 aliphatic heterocycles. The maximum absolute atomic E-state index is 12.0. The molecular weight excluding hydrogens is 318 g/mol. The van der Waals surface area contributed by atoms with Gasteiger partial charge in [-0.25, -0.2) is 4.79 Å². The number of hydrogen-bond acceptors (Lipinski definition) is 7. The summed E-state index contributed by atoms with van der Waals surface area (Å²) in [5, 5.41) is 10.9. The van der Waals surface area contributed by atoms with E-state index in [4.69, 9.17) is 0 Å². The van der Waals surface area contributed by atoms with Gasteiger partial charge in [0.15, 0.2) is 5.92 Å². The van der Waals surface area contributed by atoms with Gasteiger partial charge in [0.1, 0.15) is 5.92 Å². The predicted molar refractivity (Wildman–Crippen MR) is 81.9 cm³/mol. The van der Waals surface area contributed by atoms with Crippen molar-refractivity contribution in [2.45, 2.75) is 6.92 Å². The van der Waals surface area contributed by atoms with E-state index in [1.807, 2.05) is 0 Å². The molecule has 2 atom stereocenters. The standard InChI is InChI=1S/C16H17NO7/c1-3-23-24-16(19)14(15(18)22-2)13(11-17(20)21)10-9-12-7-5-4-6-8-12/h4-8,13-14H,3,11H2,1-2H3. The maximum atomic E-state index is 12.0. The zero-order valence-corrected chi connectivity index (χ0v) is 13.3. The van der Waals surface area contributed by atoms with Gasteiger partial charge in [-0.15, -0.1) is 0 Å². The fourth-order valence-corrected chi connectivity index (χ4v) is 1.81. The lowest BCUT2D eigenvalue weighted by Crippen LogP contribution is -2.36. The zero-order chi connectivity index (χ0) is 17.9. The fraction of sp³-hybridized carbons (Fsp3) is 0.375. The molecule has 128 valence electrons. The molecule has 1 rings (SSSR count). The molecule has 0 bridgehead atoms. The van der Waals surface area contributed by atoms with Gasteiger partial charge in [0.2, 0.25) is 6.54 Å². The van der Waals surface area contributed by atoms with Gasteiger partial charge in [-0.1, -0.05) is 30.0 Å². The number of rotatable bonds is 7. The van der Waals surface area contributed by atoms with Crippen LogP contribution in [0.15, 0.2) is 30.3 Å². The van der Waals surface area contributed by atoms with Gasteiger partial charge in [0.05, 0.1) is 13.7 Å². The van der Waals surface area contributed by atoms with E-state index in [9.17, 15) is 19.7 Å². The molecule has 1 aromatic rings. The van der Waals surface area contributed by atoms with E-state index >= 15 is 0 Å². The van der Waals surface area contributed by atoms with Gasteiger partial charge in [0, 0.05) is 10.5 Å². The second-order valence-electron chi connectivity index (χ2n) is 4.57. The van der Waals surface area contributed by atoms with E-state index in [1.54, 1.807) is 37.3 Å². The van der Waals surface area contributed by atoms with Crippen LogP contribution in [0, 0.1) is 33.8 Å². The summed E-state index contributed by atoms with van der Waals surface area (Å²) < 4.78 is 4.54. The molecule has 0 heterocycles. The van der Waals surface area contributed by atoms with Gasteiger partial charge in [-0.05, 0) is 19.1 Å². The highest BCUT2D eigenvalue weighted by Gasteiger charge is 2.40. The number of methoxy groups -OCH3 is 1. The Balaban J connectivity index is 3.12. The maximum Gasteiger partial charge on any atom is 0.358 e. The molecule has 0 radical (unpaired) electrons. The summed E-state index contributed by atoms with van der Waals surface area (Å²) in [5.74, 6) is 0.436. The van der Waals surface area contributed by atoms with Gasteiger partial charge >= 0.3 is 11.9 Å². The van der Waals surface area contributed by atoms with Crippen molar-refractivity contribution < 1.29 is 29.0 Å². The fourth-order valence-electron chi connectivity index (χ4n) is 1.81. The van der Waals surface area contributed by atoms with E-state index < -0.39 is 35.2 Å². The van der Waals surface area contributed by atoms with Crippen molar-refractivity contribution in [3.05, 3.63) is 46.0 Å². The molecule has 0 spiro atoms. The highest BCUT2D eigenvalue weighted by atomic mass is 17.2. The molecular formula is C16H17NO7. The molecule has 0 aliphatic rings. The SMILES string of the molecule is CCOOC(=O)C(C(=O)OC)C(C#Cc1ccccc1)C[N+](=O)[O-]. The molecule has 0 aliphatic carbocycles. The Morgan fingerprint density at radius 3 is 2.46 bits per heavy atom. The molecule has 8 heteroatoms. The Morgan fingerprint density at radius 1 is 1.25 bits per heavy atom. The van der Waals surface area contributed by atoms with E-state index in [0.717, 1.165) is 7.11 Å². The van der Waals surface area contributed by atoms with Gasteiger partial charge in [0.25, 0.3) is 0 Å². The number of carbonyl (C=O) groups is 2. The third-order valence-corrected chi connectivity index (χ3v) is 2.89. The van der Waals surface area contributed by atoms with E-state index in [1.165, 1.54) is 0 Å². The molecule has 1 aromatic carbocycles. The number of nitrogens with zero attached hydrogens (tertiary/aromatic N) is 1. The lowest BCUT2D eigenvalue weighted by molar-refractivity contribution is -0.486. The third-order valence-electron chi connectivity index (χ3n) is 2.89. The first-order valence-corrected chi connectivity index (χ1v) is 7.09. The van der Waals surface area contributed by atoms with Crippen LogP contribution in [0.3, 0.4) is 0 Å². The van der Waals surface area contributed by atoms with Crippen LogP contribution in [0.4, 0.5) is 0 Å². The first-order valence-electron chi connectivity index (χ1n) is 7.09. The minimum atomic E-state index is -1.58. The summed E-state index contributed by atoms with van der Waals surface area (Å²) in [5.41, 5.74) is 0.590. The minimum absolute atomic E-state index is 0.0647. The second kappa shape index (κ2) is 9.97. The summed E-state index contributed by atoms with van der Waals surface area (Å²) in [6.45, 7) is 0.917. The van der Waals surface area contributed by atoms with E-state index in [-0.39, 0.29) is 6.61 Å². The Bertz CT molecular complexity index is 633. The van der Waals surface area contributed by atoms with Crippen LogP contribution in [-0.2, 0) is 24.1 Å². The van der Waals surface area contributed by atoms with Gasteiger partial charge in [-0.3, -0.25) is 19.8 Å². The Kier molecular flexibility index (Phi) is 7.94. The van der Waals surface area contributed by atoms with Crippen molar-refractivity contribution in [3.8, 4) is 11.8 Å². The monoisotopic (exact) mass is 335 g/mol. The molecule has 8 nitrogen and oxygen atoms in total. The van der Waals surface area contributed by atoms with E-state index in [0.29, 0.717) is 5.56 Å². The number of benzene rings is 1. The van der Waals surface area contributed by atoms with Gasteiger partial charge in [-0.2, -0.15) is 4.89 Å². The highest BCUT2D eigenvalue weighted by Crippen LogP contribution is 2.17. The smallest absolute Gasteiger partial charge is 0.358 e. The Hall–Kier alpha value is -2.92. The molecule has 0 fully saturated rings. The van der Waals surface area contributed by atoms with Crippen molar-refractivity contribution in [2.75, 3.05) is 20.3 Å². The van der Waals surface area contributed by atoms with Crippen molar-refractivity contribution in [2.24, 2.45) is 11.8 Å². The number of ether oxygens (including phenoxy) is 1. The molecule has 0 saturated carbocycles. The Labute approximate surface area is 138 Å². The van der Waals surface area contributed by atoms with Crippen LogP contribution in [-0.4, -0.2) is 37.1 Å². The average molecular weight is 335 g/mol. The quantitative estimate of drug-likeness (QED) is 0.184. The molecule has 0 aromatic heterocycles. The highest BCUT2D eigenvalue weighted by molar-refractivity contribution is 5.95. The van der Waals surface area contributed by atoms with Crippen LogP contribution in [0.1, 0.15) is 12.5 Å². The lowest BCUT2D eigenvalue weighted by Gasteiger charge is -2.15. The van der Waals surface area contributed by atoms with Crippen LogP contribution < -0.4 is 0 Å². The minimum Gasteiger partial charge on any atom is -0.468 e. The van der Waals surface area contributed by atoms with Crippen molar-refractivity contribution in [1.29, 1.82) is 0 Å². The summed E-state index contributed by atoms with van der Waals surface area (Å²) in [7, 11) is 1.07. The largest absolute Gasteiger partial charge is 0.468 e. The van der Waals surface area contributed by atoms with Crippen molar-refractivity contribution in [1.82, 2.24) is 0 Å². The molecule has 0 amide bonds. The number of carbonyl (C=O) groups excluding carboxylic acids is 2. The third kappa shape index (κ3) is 6.06. The molecule has 0 saturated heterocycles. The Morgan fingerprint density at radius 2 is 1.92 bits per heavy atom. The van der Waals surface area contributed by atoms with E-state index in [2.05, 4.69) is 26.4 Å². The summed E-state index contributed by atoms with van der Waals surface area (Å²) in [6.07, 6.45) is 0. The number of hydrogen-bond donors (Lipinski definition) is 0. The molecule has 24 heavy (non-hydrogen) atoms. The van der Waals surface area contributed by atoms with Crippen LogP contribution in [0.2, 0.25) is 0 Å². The number of esters is 1. The normalized spacial score (nSPS) is 12.2. The lowest BCUT2D eigenvalue weighted by atomic mass is 9.92. The average Bonchev–Trinajstić information content (AvgIpc) is 2.58. The molecule has 0 N–H and O–H groups in total. The van der Waals surface area contributed by atoms with Crippen LogP contribution in [0.5, 0.6) is 0 Å². The summed E-state index contributed by atoms with van der Waals surface area (Å²) >= 11 is 0. The predicted octanol–water partition coefficient (Wildman–Crippen LogP) is 1.21.